The van der Waals surface area contributed by atoms with E-state index in [0.29, 0.717) is 6.10 Å². The van der Waals surface area contributed by atoms with Crippen molar-refractivity contribution in [3.63, 3.8) is 0 Å². The average Bonchev–Trinajstić information content (AvgIpc) is 3.22. The molecule has 0 spiro atoms. The van der Waals surface area contributed by atoms with Crippen molar-refractivity contribution in [1.82, 2.24) is 4.98 Å². The molecule has 1 fully saturated rings. The smallest absolute Gasteiger partial charge is 0.119 e. The topological polar surface area (TPSA) is 48.1 Å². The van der Waals surface area contributed by atoms with Gasteiger partial charge >= 0.3 is 0 Å². The molecule has 1 aromatic carbocycles. The van der Waals surface area contributed by atoms with Gasteiger partial charge < -0.3 is 10.5 Å². The molecule has 1 aliphatic rings. The highest BCUT2D eigenvalue weighted by Gasteiger charge is 2.23. The highest BCUT2D eigenvalue weighted by molar-refractivity contribution is 5.36. The average molecular weight is 268 g/mol. The Bertz CT molecular complexity index is 583. The van der Waals surface area contributed by atoms with Gasteiger partial charge in [-0.05, 0) is 62.1 Å². The van der Waals surface area contributed by atoms with Gasteiger partial charge in [-0.15, -0.1) is 0 Å². The van der Waals surface area contributed by atoms with Crippen molar-refractivity contribution in [2.75, 3.05) is 0 Å². The van der Waals surface area contributed by atoms with Crippen molar-refractivity contribution in [2.24, 2.45) is 5.73 Å². The Kier molecular flexibility index (Phi) is 3.45. The van der Waals surface area contributed by atoms with Gasteiger partial charge in [-0.1, -0.05) is 12.1 Å². The molecule has 1 saturated carbocycles. The third-order valence-corrected chi connectivity index (χ3v) is 3.53. The van der Waals surface area contributed by atoms with E-state index in [9.17, 15) is 0 Å². The van der Waals surface area contributed by atoms with E-state index >= 15 is 0 Å². The first-order chi connectivity index (χ1) is 9.61. The maximum Gasteiger partial charge on any atom is 0.119 e. The molecule has 104 valence electrons. The van der Waals surface area contributed by atoms with Crippen LogP contribution >= 0.6 is 0 Å². The largest absolute Gasteiger partial charge is 0.490 e. The lowest BCUT2D eigenvalue weighted by Crippen LogP contribution is -2.12. The Balaban J connectivity index is 1.79. The Morgan fingerprint density at radius 3 is 2.20 bits per heavy atom. The second-order valence-corrected chi connectivity index (χ2v) is 5.55. The zero-order valence-electron chi connectivity index (χ0n) is 12.0. The van der Waals surface area contributed by atoms with E-state index in [-0.39, 0.29) is 6.04 Å². The number of rotatable bonds is 4. The van der Waals surface area contributed by atoms with Gasteiger partial charge in [-0.2, -0.15) is 0 Å². The lowest BCUT2D eigenvalue weighted by atomic mass is 9.99. The molecule has 20 heavy (non-hydrogen) atoms. The Labute approximate surface area is 119 Å². The maximum absolute atomic E-state index is 6.35. The zero-order valence-corrected chi connectivity index (χ0v) is 12.0. The Morgan fingerprint density at radius 2 is 1.65 bits per heavy atom. The highest BCUT2D eigenvalue weighted by Crippen LogP contribution is 2.28. The van der Waals surface area contributed by atoms with Gasteiger partial charge in [-0.3, -0.25) is 4.98 Å². The lowest BCUT2D eigenvalue weighted by molar-refractivity contribution is 0.303. The van der Waals surface area contributed by atoms with Crippen LogP contribution in [0.3, 0.4) is 0 Å². The number of pyridine rings is 1. The summed E-state index contributed by atoms with van der Waals surface area (Å²) in [6, 6.07) is 12.1. The van der Waals surface area contributed by atoms with Crippen molar-refractivity contribution in [3.05, 3.63) is 58.9 Å². The minimum absolute atomic E-state index is 0.120. The van der Waals surface area contributed by atoms with Crippen molar-refractivity contribution < 1.29 is 4.74 Å². The molecular formula is C17H20N2O. The summed E-state index contributed by atoms with van der Waals surface area (Å²) in [6.45, 7) is 3.99. The molecule has 3 rings (SSSR count). The molecule has 2 aromatic rings. The predicted molar refractivity (Wildman–Crippen MR) is 79.8 cm³/mol. The van der Waals surface area contributed by atoms with Crippen molar-refractivity contribution in [1.29, 1.82) is 0 Å². The minimum atomic E-state index is -0.120. The third kappa shape index (κ3) is 2.99. The van der Waals surface area contributed by atoms with Gasteiger partial charge in [0.15, 0.2) is 0 Å². The van der Waals surface area contributed by atoms with Gasteiger partial charge in [0.2, 0.25) is 0 Å². The van der Waals surface area contributed by atoms with Crippen LogP contribution in [-0.2, 0) is 0 Å². The van der Waals surface area contributed by atoms with Gasteiger partial charge in [0.1, 0.15) is 5.75 Å². The molecule has 0 amide bonds. The molecule has 0 saturated heterocycles. The molecule has 1 aromatic heterocycles. The van der Waals surface area contributed by atoms with E-state index in [4.69, 9.17) is 10.5 Å². The molecule has 3 heteroatoms. The van der Waals surface area contributed by atoms with Crippen LogP contribution in [-0.4, -0.2) is 11.1 Å². The van der Waals surface area contributed by atoms with E-state index in [1.165, 1.54) is 12.8 Å². The molecule has 0 aliphatic heterocycles. The Hall–Kier alpha value is -1.87. The zero-order chi connectivity index (χ0) is 14.1. The van der Waals surface area contributed by atoms with Crippen LogP contribution in [0.2, 0.25) is 0 Å². The summed E-state index contributed by atoms with van der Waals surface area (Å²) < 4.78 is 5.75. The molecule has 1 unspecified atom stereocenters. The van der Waals surface area contributed by atoms with Crippen LogP contribution in [0.1, 0.15) is 41.4 Å². The van der Waals surface area contributed by atoms with E-state index < -0.39 is 0 Å². The van der Waals surface area contributed by atoms with Crippen LogP contribution < -0.4 is 10.5 Å². The number of aryl methyl sites for hydroxylation is 2. The van der Waals surface area contributed by atoms with Gasteiger partial charge in [0, 0.05) is 11.4 Å². The fourth-order valence-corrected chi connectivity index (χ4v) is 2.37. The summed E-state index contributed by atoms with van der Waals surface area (Å²) >= 11 is 0. The van der Waals surface area contributed by atoms with E-state index in [0.717, 1.165) is 28.3 Å². The van der Waals surface area contributed by atoms with Crippen LogP contribution in [0.15, 0.2) is 36.4 Å². The monoisotopic (exact) mass is 268 g/mol. The number of hydrogen-bond donors (Lipinski definition) is 1. The van der Waals surface area contributed by atoms with Crippen LogP contribution in [0, 0.1) is 13.8 Å². The number of aromatic nitrogens is 1. The fraction of sp³-hybridized carbons (Fsp3) is 0.353. The second-order valence-electron chi connectivity index (χ2n) is 5.55. The fourth-order valence-electron chi connectivity index (χ4n) is 2.37. The summed E-state index contributed by atoms with van der Waals surface area (Å²) in [6.07, 6.45) is 2.79. The quantitative estimate of drug-likeness (QED) is 0.925. The first-order valence-corrected chi connectivity index (χ1v) is 7.09. The molecule has 0 radical (unpaired) electrons. The predicted octanol–water partition coefficient (Wildman–Crippen LogP) is 3.29. The molecule has 1 atom stereocenters. The molecule has 0 bridgehead atoms. The number of nitrogens with two attached hydrogens (primary N) is 1. The molecule has 1 aliphatic carbocycles. The highest BCUT2D eigenvalue weighted by atomic mass is 16.5. The Morgan fingerprint density at radius 1 is 1.05 bits per heavy atom. The van der Waals surface area contributed by atoms with Crippen molar-refractivity contribution >= 4 is 0 Å². The van der Waals surface area contributed by atoms with Crippen LogP contribution in [0.5, 0.6) is 5.75 Å². The van der Waals surface area contributed by atoms with Gasteiger partial charge in [-0.25, -0.2) is 0 Å². The summed E-state index contributed by atoms with van der Waals surface area (Å²) in [7, 11) is 0. The van der Waals surface area contributed by atoms with E-state index in [2.05, 4.69) is 4.98 Å². The molecule has 2 N–H and O–H groups in total. The molecule has 1 heterocycles. The first kappa shape index (κ1) is 13.1. The summed E-state index contributed by atoms with van der Waals surface area (Å²) in [5, 5.41) is 0. The number of nitrogens with zero attached hydrogens (tertiary/aromatic N) is 1. The van der Waals surface area contributed by atoms with Crippen LogP contribution in [0.4, 0.5) is 0 Å². The van der Waals surface area contributed by atoms with Crippen LogP contribution in [0.25, 0.3) is 0 Å². The van der Waals surface area contributed by atoms with Crippen molar-refractivity contribution in [3.8, 4) is 5.75 Å². The van der Waals surface area contributed by atoms with Gasteiger partial charge in [0.05, 0.1) is 12.1 Å². The summed E-state index contributed by atoms with van der Waals surface area (Å²) in [4.78, 5) is 4.39. The third-order valence-electron chi connectivity index (χ3n) is 3.53. The standard InChI is InChI=1S/C17H20N2O/c1-11-9-14(10-12(2)19-11)17(18)13-3-5-15(6-4-13)20-16-7-8-16/h3-6,9-10,16-17H,7-8,18H2,1-2H3. The molecular weight excluding hydrogens is 248 g/mol. The molecule has 3 nitrogen and oxygen atoms in total. The normalized spacial score (nSPS) is 15.9. The summed E-state index contributed by atoms with van der Waals surface area (Å²) in [5.41, 5.74) is 10.6. The SMILES string of the molecule is Cc1cc(C(N)c2ccc(OC3CC3)cc2)cc(C)n1. The van der Waals surface area contributed by atoms with E-state index in [1.54, 1.807) is 0 Å². The second kappa shape index (κ2) is 5.25. The lowest BCUT2D eigenvalue weighted by Gasteiger charge is -2.14. The summed E-state index contributed by atoms with van der Waals surface area (Å²) in [5.74, 6) is 0.936. The number of ether oxygens (including phenoxy) is 1. The first-order valence-electron chi connectivity index (χ1n) is 7.09. The maximum atomic E-state index is 6.35. The van der Waals surface area contributed by atoms with Gasteiger partial charge in [0.25, 0.3) is 0 Å². The van der Waals surface area contributed by atoms with E-state index in [1.807, 2.05) is 50.2 Å². The number of benzene rings is 1. The minimum Gasteiger partial charge on any atom is -0.490 e. The number of hydrogen-bond acceptors (Lipinski definition) is 3. The van der Waals surface area contributed by atoms with Crippen molar-refractivity contribution in [2.45, 2.75) is 38.8 Å².